The third-order valence-corrected chi connectivity index (χ3v) is 4.78. The number of aromatic nitrogens is 3. The maximum Gasteiger partial charge on any atom is 0.259 e. The van der Waals surface area contributed by atoms with Crippen LogP contribution in [0.3, 0.4) is 0 Å². The zero-order valence-electron chi connectivity index (χ0n) is 15.6. The van der Waals surface area contributed by atoms with Crippen molar-refractivity contribution in [3.05, 3.63) is 54.4 Å². The van der Waals surface area contributed by atoms with Crippen molar-refractivity contribution in [1.29, 1.82) is 0 Å². The van der Waals surface area contributed by atoms with Gasteiger partial charge in [0.1, 0.15) is 5.56 Å². The maximum absolute atomic E-state index is 12.9. The van der Waals surface area contributed by atoms with Crippen LogP contribution in [0, 0.1) is 0 Å². The van der Waals surface area contributed by atoms with Gasteiger partial charge < -0.3 is 14.5 Å². The van der Waals surface area contributed by atoms with Crippen molar-refractivity contribution in [3.8, 4) is 11.3 Å². The van der Waals surface area contributed by atoms with Crippen LogP contribution in [0.15, 0.2) is 48.8 Å². The molecule has 0 saturated carbocycles. The van der Waals surface area contributed by atoms with Crippen molar-refractivity contribution >= 4 is 17.5 Å². The smallest absolute Gasteiger partial charge is 0.259 e. The van der Waals surface area contributed by atoms with Gasteiger partial charge in [-0.3, -0.25) is 9.59 Å². The molecule has 2 aromatic heterocycles. The molecule has 1 aliphatic rings. The fraction of sp³-hybridized carbons (Fsp3) is 0.300. The monoisotopic (exact) mass is 379 g/mol. The quantitative estimate of drug-likeness (QED) is 0.683. The number of hydrogen-bond acceptors (Lipinski definition) is 5. The van der Waals surface area contributed by atoms with Crippen LogP contribution >= 0.6 is 0 Å². The van der Waals surface area contributed by atoms with Gasteiger partial charge in [0.05, 0.1) is 31.6 Å². The Morgan fingerprint density at radius 1 is 1.14 bits per heavy atom. The second-order valence-corrected chi connectivity index (χ2v) is 6.64. The molecule has 8 heteroatoms. The minimum absolute atomic E-state index is 0.00848. The van der Waals surface area contributed by atoms with Gasteiger partial charge in [-0.1, -0.05) is 30.3 Å². The summed E-state index contributed by atoms with van der Waals surface area (Å²) in [6.45, 7) is 2.18. The molecule has 0 aliphatic carbocycles. The number of rotatable bonds is 4. The zero-order chi connectivity index (χ0) is 19.5. The van der Waals surface area contributed by atoms with Gasteiger partial charge in [-0.05, 0) is 6.07 Å². The highest BCUT2D eigenvalue weighted by atomic mass is 16.5. The van der Waals surface area contributed by atoms with Gasteiger partial charge in [0, 0.05) is 31.9 Å². The van der Waals surface area contributed by atoms with E-state index in [1.807, 2.05) is 36.4 Å². The molecule has 0 spiro atoms. The van der Waals surface area contributed by atoms with Crippen molar-refractivity contribution in [1.82, 2.24) is 24.4 Å². The number of morpholine rings is 1. The Morgan fingerprint density at radius 2 is 1.89 bits per heavy atom. The number of carbonyl (C=O) groups is 2. The minimum atomic E-state index is -0.283. The first-order valence-electron chi connectivity index (χ1n) is 9.14. The first-order valence-corrected chi connectivity index (χ1v) is 9.14. The van der Waals surface area contributed by atoms with Gasteiger partial charge in [-0.2, -0.15) is 5.10 Å². The van der Waals surface area contributed by atoms with E-state index >= 15 is 0 Å². The standard InChI is InChI=1S/C20H21N5O3/c1-23(14-18(26)24-9-11-28-12-10-24)20(27)16-13-22-25-17(7-8-21-19(16)25)15-5-3-2-4-6-15/h2-8,13H,9-12,14H2,1H3. The molecule has 0 bridgehead atoms. The molecule has 144 valence electrons. The second-order valence-electron chi connectivity index (χ2n) is 6.64. The fourth-order valence-corrected chi connectivity index (χ4v) is 3.26. The van der Waals surface area contributed by atoms with E-state index in [4.69, 9.17) is 4.74 Å². The Morgan fingerprint density at radius 3 is 2.64 bits per heavy atom. The molecular weight excluding hydrogens is 358 g/mol. The average Bonchev–Trinajstić information content (AvgIpc) is 3.18. The molecule has 2 amide bonds. The Balaban J connectivity index is 1.57. The van der Waals surface area contributed by atoms with E-state index in [0.29, 0.717) is 37.5 Å². The number of fused-ring (bicyclic) bond motifs is 1. The number of hydrogen-bond donors (Lipinski definition) is 0. The fourth-order valence-electron chi connectivity index (χ4n) is 3.26. The lowest BCUT2D eigenvalue weighted by molar-refractivity contribution is -0.135. The largest absolute Gasteiger partial charge is 0.378 e. The molecule has 1 aliphatic heterocycles. The summed E-state index contributed by atoms with van der Waals surface area (Å²) in [5.74, 6) is -0.372. The summed E-state index contributed by atoms with van der Waals surface area (Å²) >= 11 is 0. The second kappa shape index (κ2) is 7.77. The lowest BCUT2D eigenvalue weighted by Crippen LogP contribution is -2.46. The summed E-state index contributed by atoms with van der Waals surface area (Å²) in [7, 11) is 1.62. The molecule has 4 rings (SSSR count). The molecule has 0 N–H and O–H groups in total. The Bertz CT molecular complexity index is 996. The highest BCUT2D eigenvalue weighted by molar-refractivity contribution is 6.01. The molecular formula is C20H21N5O3. The first-order chi connectivity index (χ1) is 13.6. The van der Waals surface area contributed by atoms with Gasteiger partial charge >= 0.3 is 0 Å². The lowest BCUT2D eigenvalue weighted by Gasteiger charge is -2.28. The predicted molar refractivity (Wildman–Crippen MR) is 103 cm³/mol. The van der Waals surface area contributed by atoms with Crippen LogP contribution in [-0.4, -0.2) is 76.1 Å². The molecule has 0 unspecified atom stereocenters. The highest BCUT2D eigenvalue weighted by Crippen LogP contribution is 2.21. The van der Waals surface area contributed by atoms with Gasteiger partial charge in [0.25, 0.3) is 5.91 Å². The number of benzene rings is 1. The van der Waals surface area contributed by atoms with Crippen molar-refractivity contribution in [2.45, 2.75) is 0 Å². The van der Waals surface area contributed by atoms with E-state index in [9.17, 15) is 9.59 Å². The van der Waals surface area contributed by atoms with Crippen LogP contribution in [0.1, 0.15) is 10.4 Å². The predicted octanol–water partition coefficient (Wildman–Crippen LogP) is 1.33. The molecule has 3 heterocycles. The summed E-state index contributed by atoms with van der Waals surface area (Å²) in [5.41, 5.74) is 2.66. The van der Waals surface area contributed by atoms with Crippen LogP contribution in [0.25, 0.3) is 16.9 Å². The number of amides is 2. The summed E-state index contributed by atoms with van der Waals surface area (Å²) in [4.78, 5) is 32.8. The SMILES string of the molecule is CN(CC(=O)N1CCOCC1)C(=O)c1cnn2c(-c3ccccc3)ccnc12. The van der Waals surface area contributed by atoms with Gasteiger partial charge in [0.2, 0.25) is 5.91 Å². The number of ether oxygens (including phenoxy) is 1. The minimum Gasteiger partial charge on any atom is -0.378 e. The van der Waals surface area contributed by atoms with E-state index < -0.39 is 0 Å². The van der Waals surface area contributed by atoms with Crippen LogP contribution in [0.2, 0.25) is 0 Å². The first kappa shape index (κ1) is 18.1. The van der Waals surface area contributed by atoms with Crippen LogP contribution < -0.4 is 0 Å². The molecule has 28 heavy (non-hydrogen) atoms. The molecule has 1 fully saturated rings. The molecule has 1 aromatic carbocycles. The maximum atomic E-state index is 12.9. The molecule has 0 radical (unpaired) electrons. The van der Waals surface area contributed by atoms with Gasteiger partial charge in [-0.25, -0.2) is 9.50 Å². The van der Waals surface area contributed by atoms with Crippen molar-refractivity contribution in [2.75, 3.05) is 39.9 Å². The van der Waals surface area contributed by atoms with Crippen molar-refractivity contribution < 1.29 is 14.3 Å². The number of nitrogens with zero attached hydrogens (tertiary/aromatic N) is 5. The van der Waals surface area contributed by atoms with Crippen molar-refractivity contribution in [3.63, 3.8) is 0 Å². The summed E-state index contributed by atoms with van der Waals surface area (Å²) in [6.07, 6.45) is 3.17. The Labute approximate surface area is 162 Å². The zero-order valence-corrected chi connectivity index (χ0v) is 15.6. The van der Waals surface area contributed by atoms with Crippen LogP contribution in [-0.2, 0) is 9.53 Å². The average molecular weight is 379 g/mol. The third kappa shape index (κ3) is 3.46. The Kier molecular flexibility index (Phi) is 5.03. The molecule has 0 atom stereocenters. The van der Waals surface area contributed by atoms with Crippen LogP contribution in [0.5, 0.6) is 0 Å². The van der Waals surface area contributed by atoms with Gasteiger partial charge in [-0.15, -0.1) is 0 Å². The number of carbonyl (C=O) groups excluding carboxylic acids is 2. The normalized spacial score (nSPS) is 14.2. The summed E-state index contributed by atoms with van der Waals surface area (Å²) in [6, 6.07) is 11.6. The van der Waals surface area contributed by atoms with E-state index in [1.165, 1.54) is 11.1 Å². The molecule has 1 saturated heterocycles. The van der Waals surface area contributed by atoms with Crippen LogP contribution in [0.4, 0.5) is 0 Å². The van der Waals surface area contributed by atoms with Crippen molar-refractivity contribution in [2.24, 2.45) is 0 Å². The third-order valence-electron chi connectivity index (χ3n) is 4.78. The Hall–Kier alpha value is -3.26. The van der Waals surface area contributed by atoms with E-state index in [0.717, 1.165) is 11.3 Å². The lowest BCUT2D eigenvalue weighted by atomic mass is 10.1. The summed E-state index contributed by atoms with van der Waals surface area (Å²) < 4.78 is 6.92. The van der Waals surface area contributed by atoms with Gasteiger partial charge in [0.15, 0.2) is 5.65 Å². The van der Waals surface area contributed by atoms with E-state index in [-0.39, 0.29) is 18.4 Å². The highest BCUT2D eigenvalue weighted by Gasteiger charge is 2.24. The summed E-state index contributed by atoms with van der Waals surface area (Å²) in [5, 5.41) is 4.36. The number of likely N-dealkylation sites (N-methyl/N-ethyl adjacent to an activating group) is 1. The molecule has 3 aromatic rings. The van der Waals surface area contributed by atoms with E-state index in [2.05, 4.69) is 10.1 Å². The topological polar surface area (TPSA) is 80.0 Å². The molecule has 8 nitrogen and oxygen atoms in total. The van der Waals surface area contributed by atoms with E-state index in [1.54, 1.807) is 22.7 Å².